The molecule has 0 unspecified atom stereocenters. The van der Waals surface area contributed by atoms with Crippen LogP contribution in [0.3, 0.4) is 0 Å². The molecule has 2 aliphatic heterocycles. The molecule has 0 aliphatic carbocycles. The molecule has 2 aliphatic rings. The highest BCUT2D eigenvalue weighted by Gasteiger charge is 2.26. The Labute approximate surface area is 191 Å². The standard InChI is InChI=1S/C27H32N4O/c1-20-6-10-22(11-7-20)18-30-17-14-25-24(19-30)26(32-23-12-8-21(2)9-13-23)29-27(28-25)31-15-4-3-5-16-31/h6-13H,3-5,14-19H2,1-2H3. The van der Waals surface area contributed by atoms with Crippen molar-refractivity contribution >= 4 is 5.95 Å². The maximum absolute atomic E-state index is 6.37. The average Bonchev–Trinajstić information content (AvgIpc) is 2.83. The van der Waals surface area contributed by atoms with E-state index in [1.54, 1.807) is 0 Å². The Morgan fingerprint density at radius 3 is 2.22 bits per heavy atom. The van der Waals surface area contributed by atoms with Gasteiger partial charge in [-0.2, -0.15) is 4.98 Å². The van der Waals surface area contributed by atoms with E-state index < -0.39 is 0 Å². The third kappa shape index (κ3) is 4.78. The van der Waals surface area contributed by atoms with Gasteiger partial charge in [-0.25, -0.2) is 4.98 Å². The third-order valence-electron chi connectivity index (χ3n) is 6.49. The lowest BCUT2D eigenvalue weighted by atomic mass is 10.0. The molecule has 166 valence electrons. The van der Waals surface area contributed by atoms with Crippen LogP contribution in [0.25, 0.3) is 0 Å². The highest BCUT2D eigenvalue weighted by atomic mass is 16.5. The molecule has 2 aromatic carbocycles. The fourth-order valence-electron chi connectivity index (χ4n) is 4.55. The summed E-state index contributed by atoms with van der Waals surface area (Å²) in [5.74, 6) is 2.38. The number of piperidine rings is 1. The van der Waals surface area contributed by atoms with Crippen molar-refractivity contribution in [1.82, 2.24) is 14.9 Å². The Hall–Kier alpha value is -2.92. The van der Waals surface area contributed by atoms with Crippen molar-refractivity contribution in [3.05, 3.63) is 76.5 Å². The van der Waals surface area contributed by atoms with Crippen LogP contribution in [-0.2, 0) is 19.5 Å². The summed E-state index contributed by atoms with van der Waals surface area (Å²) < 4.78 is 6.37. The van der Waals surface area contributed by atoms with Gasteiger partial charge in [-0.15, -0.1) is 0 Å². The van der Waals surface area contributed by atoms with Gasteiger partial charge in [0, 0.05) is 39.1 Å². The number of rotatable bonds is 5. The first-order valence-electron chi connectivity index (χ1n) is 11.8. The third-order valence-corrected chi connectivity index (χ3v) is 6.49. The number of aryl methyl sites for hydroxylation is 2. The predicted molar refractivity (Wildman–Crippen MR) is 128 cm³/mol. The quantitative estimate of drug-likeness (QED) is 0.542. The van der Waals surface area contributed by atoms with E-state index in [1.807, 2.05) is 12.1 Å². The summed E-state index contributed by atoms with van der Waals surface area (Å²) in [6.07, 6.45) is 4.63. The molecule has 1 fully saturated rings. The maximum Gasteiger partial charge on any atom is 0.228 e. The number of hydrogen-bond acceptors (Lipinski definition) is 5. The average molecular weight is 429 g/mol. The summed E-state index contributed by atoms with van der Waals surface area (Å²) in [5.41, 5.74) is 6.13. The van der Waals surface area contributed by atoms with Crippen LogP contribution in [-0.4, -0.2) is 34.5 Å². The molecule has 0 saturated carbocycles. The van der Waals surface area contributed by atoms with Gasteiger partial charge in [-0.05, 0) is 50.8 Å². The zero-order valence-electron chi connectivity index (χ0n) is 19.2. The van der Waals surface area contributed by atoms with Crippen LogP contribution in [0.4, 0.5) is 5.95 Å². The second kappa shape index (κ2) is 9.29. The number of nitrogens with zero attached hydrogens (tertiary/aromatic N) is 4. The van der Waals surface area contributed by atoms with Crippen molar-refractivity contribution in [3.8, 4) is 11.6 Å². The van der Waals surface area contributed by atoms with Crippen LogP contribution < -0.4 is 9.64 Å². The van der Waals surface area contributed by atoms with E-state index in [4.69, 9.17) is 14.7 Å². The Balaban J connectivity index is 1.44. The van der Waals surface area contributed by atoms with Crippen LogP contribution in [0.15, 0.2) is 48.5 Å². The summed E-state index contributed by atoms with van der Waals surface area (Å²) in [5, 5.41) is 0. The molecule has 3 heterocycles. The molecule has 0 radical (unpaired) electrons. The first-order valence-corrected chi connectivity index (χ1v) is 11.8. The number of benzene rings is 2. The molecule has 5 heteroatoms. The SMILES string of the molecule is Cc1ccc(CN2CCc3nc(N4CCCCC4)nc(Oc4ccc(C)cc4)c3C2)cc1. The first-order chi connectivity index (χ1) is 15.6. The normalized spacial score (nSPS) is 16.6. The molecule has 0 spiro atoms. The second-order valence-electron chi connectivity index (χ2n) is 9.16. The lowest BCUT2D eigenvalue weighted by Crippen LogP contribution is -2.34. The largest absolute Gasteiger partial charge is 0.439 e. The molecule has 1 aromatic heterocycles. The van der Waals surface area contributed by atoms with Gasteiger partial charge in [0.05, 0.1) is 11.3 Å². The number of ether oxygens (including phenoxy) is 1. The van der Waals surface area contributed by atoms with Gasteiger partial charge in [0.1, 0.15) is 5.75 Å². The Bertz CT molecular complexity index is 1060. The number of anilines is 1. The maximum atomic E-state index is 6.37. The second-order valence-corrected chi connectivity index (χ2v) is 9.16. The van der Waals surface area contributed by atoms with Crippen LogP contribution >= 0.6 is 0 Å². The minimum atomic E-state index is 0.716. The number of aromatic nitrogens is 2. The molecule has 1 saturated heterocycles. The summed E-state index contributed by atoms with van der Waals surface area (Å²) in [7, 11) is 0. The number of hydrogen-bond donors (Lipinski definition) is 0. The van der Waals surface area contributed by atoms with Gasteiger partial charge in [0.15, 0.2) is 0 Å². The summed E-state index contributed by atoms with van der Waals surface area (Å²) in [4.78, 5) is 14.8. The van der Waals surface area contributed by atoms with Crippen LogP contribution in [0.1, 0.15) is 47.2 Å². The van der Waals surface area contributed by atoms with Crippen molar-refractivity contribution in [2.45, 2.75) is 52.6 Å². The summed E-state index contributed by atoms with van der Waals surface area (Å²) >= 11 is 0. The van der Waals surface area contributed by atoms with Crippen molar-refractivity contribution in [2.75, 3.05) is 24.5 Å². The van der Waals surface area contributed by atoms with Gasteiger partial charge in [0.2, 0.25) is 11.8 Å². The highest BCUT2D eigenvalue weighted by molar-refractivity contribution is 5.44. The zero-order valence-corrected chi connectivity index (χ0v) is 19.2. The van der Waals surface area contributed by atoms with Gasteiger partial charge < -0.3 is 9.64 Å². The highest BCUT2D eigenvalue weighted by Crippen LogP contribution is 2.32. The van der Waals surface area contributed by atoms with Gasteiger partial charge >= 0.3 is 0 Å². The molecule has 0 N–H and O–H groups in total. The molecule has 32 heavy (non-hydrogen) atoms. The molecule has 3 aromatic rings. The Morgan fingerprint density at radius 1 is 0.812 bits per heavy atom. The van der Waals surface area contributed by atoms with Crippen LogP contribution in [0.5, 0.6) is 11.6 Å². The molecule has 5 nitrogen and oxygen atoms in total. The summed E-state index contributed by atoms with van der Waals surface area (Å²) in [6.45, 7) is 9.02. The van der Waals surface area contributed by atoms with Crippen molar-refractivity contribution < 1.29 is 4.74 Å². The fraction of sp³-hybridized carbons (Fsp3) is 0.407. The van der Waals surface area contributed by atoms with Crippen LogP contribution in [0.2, 0.25) is 0 Å². The molecule has 5 rings (SSSR count). The van der Waals surface area contributed by atoms with Gasteiger partial charge in [0.25, 0.3) is 0 Å². The summed E-state index contributed by atoms with van der Waals surface area (Å²) in [6, 6.07) is 17.0. The molecular formula is C27H32N4O. The molecule has 0 amide bonds. The lowest BCUT2D eigenvalue weighted by Gasteiger charge is -2.32. The van der Waals surface area contributed by atoms with Crippen molar-refractivity contribution in [1.29, 1.82) is 0 Å². The topological polar surface area (TPSA) is 41.5 Å². The minimum absolute atomic E-state index is 0.716. The zero-order chi connectivity index (χ0) is 21.9. The van der Waals surface area contributed by atoms with Gasteiger partial charge in [-0.1, -0.05) is 47.5 Å². The van der Waals surface area contributed by atoms with Crippen molar-refractivity contribution in [3.63, 3.8) is 0 Å². The smallest absolute Gasteiger partial charge is 0.228 e. The van der Waals surface area contributed by atoms with Crippen LogP contribution in [0, 0.1) is 13.8 Å². The monoisotopic (exact) mass is 428 g/mol. The van der Waals surface area contributed by atoms with E-state index in [0.717, 1.165) is 62.1 Å². The Morgan fingerprint density at radius 2 is 1.50 bits per heavy atom. The molecule has 0 bridgehead atoms. The van der Waals surface area contributed by atoms with E-state index >= 15 is 0 Å². The van der Waals surface area contributed by atoms with E-state index in [2.05, 4.69) is 60.0 Å². The van der Waals surface area contributed by atoms with E-state index in [-0.39, 0.29) is 0 Å². The van der Waals surface area contributed by atoms with E-state index in [9.17, 15) is 0 Å². The van der Waals surface area contributed by atoms with Gasteiger partial charge in [-0.3, -0.25) is 4.90 Å². The minimum Gasteiger partial charge on any atom is -0.439 e. The van der Waals surface area contributed by atoms with Crippen molar-refractivity contribution in [2.24, 2.45) is 0 Å². The predicted octanol–water partition coefficient (Wildman–Crippen LogP) is 5.43. The molecule has 0 atom stereocenters. The fourth-order valence-corrected chi connectivity index (χ4v) is 4.55. The molecular weight excluding hydrogens is 396 g/mol. The Kier molecular flexibility index (Phi) is 6.08. The lowest BCUT2D eigenvalue weighted by molar-refractivity contribution is 0.238. The van der Waals surface area contributed by atoms with E-state index in [0.29, 0.717) is 5.88 Å². The first kappa shape index (κ1) is 21.0. The van der Waals surface area contributed by atoms with E-state index in [1.165, 1.54) is 36.0 Å². The number of fused-ring (bicyclic) bond motifs is 1.